The Bertz CT molecular complexity index is 1110. The number of para-hydroxylation sites is 1. The van der Waals surface area contributed by atoms with Crippen molar-refractivity contribution in [3.63, 3.8) is 0 Å². The fraction of sp³-hybridized carbons (Fsp3) is 0.182. The van der Waals surface area contributed by atoms with Gasteiger partial charge in [0.05, 0.1) is 11.3 Å². The lowest BCUT2D eigenvalue weighted by atomic mass is 10.1. The predicted molar refractivity (Wildman–Crippen MR) is 117 cm³/mol. The maximum atomic E-state index is 12.7. The van der Waals surface area contributed by atoms with Crippen molar-refractivity contribution in [2.45, 2.75) is 26.3 Å². The molecule has 0 aliphatic rings. The van der Waals surface area contributed by atoms with E-state index in [-0.39, 0.29) is 17.2 Å². The number of unbranched alkanes of at least 4 members (excludes halogenated alkanes) is 1. The molecule has 3 aromatic rings. The van der Waals surface area contributed by atoms with E-state index in [2.05, 4.69) is 15.7 Å². The minimum atomic E-state index is -0.507. The summed E-state index contributed by atoms with van der Waals surface area (Å²) >= 11 is 5.87. The molecule has 2 aromatic carbocycles. The zero-order chi connectivity index (χ0) is 21.5. The van der Waals surface area contributed by atoms with Crippen LogP contribution in [0.15, 0.2) is 65.5 Å². The molecule has 30 heavy (non-hydrogen) atoms. The van der Waals surface area contributed by atoms with Crippen LogP contribution < -0.4 is 16.2 Å². The Kier molecular flexibility index (Phi) is 6.98. The molecule has 0 bridgehead atoms. The van der Waals surface area contributed by atoms with E-state index >= 15 is 0 Å². The van der Waals surface area contributed by atoms with E-state index in [9.17, 15) is 14.4 Å². The molecule has 2 N–H and O–H groups in total. The number of aryl methyl sites for hydroxylation is 1. The zero-order valence-electron chi connectivity index (χ0n) is 16.4. The van der Waals surface area contributed by atoms with Gasteiger partial charge in [-0.3, -0.25) is 14.4 Å². The van der Waals surface area contributed by atoms with Crippen LogP contribution in [0, 0.1) is 0 Å². The molecular weight excluding hydrogens is 404 g/mol. The van der Waals surface area contributed by atoms with Crippen molar-refractivity contribution in [2.75, 3.05) is 10.6 Å². The molecule has 0 aliphatic heterocycles. The quantitative estimate of drug-likeness (QED) is 0.594. The summed E-state index contributed by atoms with van der Waals surface area (Å²) in [7, 11) is 0. The van der Waals surface area contributed by atoms with Gasteiger partial charge < -0.3 is 10.6 Å². The Morgan fingerprint density at radius 2 is 1.70 bits per heavy atom. The molecular formula is C22H21ClN4O3. The SMILES string of the molecule is CCCCn1nc(C(=O)Nc2ccccc2C(=O)Nc2ccc(Cl)cc2)ccc1=O. The molecule has 8 heteroatoms. The van der Waals surface area contributed by atoms with E-state index < -0.39 is 5.91 Å². The molecule has 0 aliphatic carbocycles. The third-order valence-electron chi connectivity index (χ3n) is 4.34. The second-order valence-corrected chi connectivity index (χ2v) is 7.03. The van der Waals surface area contributed by atoms with Crippen LogP contribution in [0.3, 0.4) is 0 Å². The van der Waals surface area contributed by atoms with Gasteiger partial charge in [-0.2, -0.15) is 5.10 Å². The van der Waals surface area contributed by atoms with E-state index in [0.717, 1.165) is 12.8 Å². The Morgan fingerprint density at radius 3 is 2.43 bits per heavy atom. The standard InChI is InChI=1S/C22H21ClN4O3/c1-2-3-14-27-20(28)13-12-19(26-27)22(30)25-18-7-5-4-6-17(18)21(29)24-16-10-8-15(23)9-11-16/h4-13H,2-3,14H2,1H3,(H,24,29)(H,25,30). The van der Waals surface area contributed by atoms with Gasteiger partial charge >= 0.3 is 0 Å². The molecule has 2 amide bonds. The highest BCUT2D eigenvalue weighted by Gasteiger charge is 2.16. The molecule has 0 fully saturated rings. The highest BCUT2D eigenvalue weighted by atomic mass is 35.5. The van der Waals surface area contributed by atoms with Gasteiger partial charge in [-0.05, 0) is 48.9 Å². The van der Waals surface area contributed by atoms with Gasteiger partial charge in [0.2, 0.25) is 0 Å². The Hall–Kier alpha value is -3.45. The number of halogens is 1. The minimum Gasteiger partial charge on any atom is -0.322 e. The monoisotopic (exact) mass is 424 g/mol. The van der Waals surface area contributed by atoms with Crippen LogP contribution in [0.4, 0.5) is 11.4 Å². The smallest absolute Gasteiger partial charge is 0.276 e. The molecule has 1 aromatic heterocycles. The largest absolute Gasteiger partial charge is 0.322 e. The van der Waals surface area contributed by atoms with E-state index in [0.29, 0.717) is 28.5 Å². The van der Waals surface area contributed by atoms with Crippen LogP contribution in [0.5, 0.6) is 0 Å². The number of hydrogen-bond donors (Lipinski definition) is 2. The maximum Gasteiger partial charge on any atom is 0.276 e. The highest BCUT2D eigenvalue weighted by Crippen LogP contribution is 2.19. The van der Waals surface area contributed by atoms with Crippen molar-refractivity contribution < 1.29 is 9.59 Å². The molecule has 0 atom stereocenters. The first-order valence-corrected chi connectivity index (χ1v) is 9.91. The van der Waals surface area contributed by atoms with Gasteiger partial charge in [0.15, 0.2) is 0 Å². The normalized spacial score (nSPS) is 10.5. The fourth-order valence-corrected chi connectivity index (χ4v) is 2.87. The Balaban J connectivity index is 1.79. The molecule has 0 saturated heterocycles. The van der Waals surface area contributed by atoms with Gasteiger partial charge in [0, 0.05) is 23.3 Å². The molecule has 154 valence electrons. The molecule has 3 rings (SSSR count). The summed E-state index contributed by atoms with van der Waals surface area (Å²) < 4.78 is 1.28. The maximum absolute atomic E-state index is 12.7. The van der Waals surface area contributed by atoms with Crippen LogP contribution in [0.1, 0.15) is 40.6 Å². The molecule has 0 spiro atoms. The third kappa shape index (κ3) is 5.33. The summed E-state index contributed by atoms with van der Waals surface area (Å²) in [5, 5.41) is 10.2. The van der Waals surface area contributed by atoms with Crippen molar-refractivity contribution in [1.29, 1.82) is 0 Å². The topological polar surface area (TPSA) is 93.1 Å². The summed E-state index contributed by atoms with van der Waals surface area (Å²) in [6.07, 6.45) is 1.69. The number of anilines is 2. The van der Waals surface area contributed by atoms with Crippen LogP contribution >= 0.6 is 11.6 Å². The van der Waals surface area contributed by atoms with Crippen LogP contribution in [-0.2, 0) is 6.54 Å². The average molecular weight is 425 g/mol. The summed E-state index contributed by atoms with van der Waals surface area (Å²) in [5.74, 6) is -0.888. The van der Waals surface area contributed by atoms with E-state index in [1.165, 1.54) is 16.8 Å². The fourth-order valence-electron chi connectivity index (χ4n) is 2.75. The van der Waals surface area contributed by atoms with Gasteiger partial charge in [0.1, 0.15) is 5.69 Å². The number of amides is 2. The number of aromatic nitrogens is 2. The first-order valence-electron chi connectivity index (χ1n) is 9.53. The Labute approximate surface area is 178 Å². The van der Waals surface area contributed by atoms with E-state index in [1.807, 2.05) is 6.92 Å². The lowest BCUT2D eigenvalue weighted by molar-refractivity contribution is 0.101. The lowest BCUT2D eigenvalue weighted by Crippen LogP contribution is -2.26. The summed E-state index contributed by atoms with van der Waals surface area (Å²) in [5.41, 5.74) is 1.04. The van der Waals surface area contributed by atoms with Crippen molar-refractivity contribution in [2.24, 2.45) is 0 Å². The van der Waals surface area contributed by atoms with Crippen molar-refractivity contribution in [1.82, 2.24) is 9.78 Å². The minimum absolute atomic E-state index is 0.0959. The molecule has 7 nitrogen and oxygen atoms in total. The van der Waals surface area contributed by atoms with Crippen LogP contribution in [0.25, 0.3) is 0 Å². The summed E-state index contributed by atoms with van der Waals surface area (Å²) in [4.78, 5) is 37.3. The van der Waals surface area contributed by atoms with Crippen molar-refractivity contribution in [3.8, 4) is 0 Å². The van der Waals surface area contributed by atoms with Gasteiger partial charge in [-0.25, -0.2) is 4.68 Å². The zero-order valence-corrected chi connectivity index (χ0v) is 17.1. The third-order valence-corrected chi connectivity index (χ3v) is 4.60. The second kappa shape index (κ2) is 9.84. The Morgan fingerprint density at radius 1 is 0.967 bits per heavy atom. The number of hydrogen-bond acceptors (Lipinski definition) is 4. The second-order valence-electron chi connectivity index (χ2n) is 6.59. The molecule has 1 heterocycles. The van der Waals surface area contributed by atoms with E-state index in [4.69, 9.17) is 11.6 Å². The molecule has 0 unspecified atom stereocenters. The van der Waals surface area contributed by atoms with E-state index in [1.54, 1.807) is 48.5 Å². The first-order chi connectivity index (χ1) is 14.5. The average Bonchev–Trinajstić information content (AvgIpc) is 2.75. The van der Waals surface area contributed by atoms with Gasteiger partial charge in [-0.1, -0.05) is 37.1 Å². The number of benzene rings is 2. The lowest BCUT2D eigenvalue weighted by Gasteiger charge is -2.12. The van der Waals surface area contributed by atoms with Crippen molar-refractivity contribution in [3.05, 3.63) is 87.3 Å². The van der Waals surface area contributed by atoms with Crippen LogP contribution in [-0.4, -0.2) is 21.6 Å². The number of carbonyl (C=O) groups excluding carboxylic acids is 2. The number of rotatable bonds is 7. The predicted octanol–water partition coefficient (Wildman–Crippen LogP) is 4.20. The number of nitrogens with zero attached hydrogens (tertiary/aromatic N) is 2. The van der Waals surface area contributed by atoms with Crippen molar-refractivity contribution >= 4 is 34.8 Å². The molecule has 0 saturated carbocycles. The summed E-state index contributed by atoms with van der Waals surface area (Å²) in [6.45, 7) is 2.45. The number of carbonyl (C=O) groups is 2. The first kappa shape index (κ1) is 21.3. The number of nitrogens with one attached hydrogen (secondary N) is 2. The van der Waals surface area contributed by atoms with Gasteiger partial charge in [-0.15, -0.1) is 0 Å². The highest BCUT2D eigenvalue weighted by molar-refractivity contribution is 6.30. The summed E-state index contributed by atoms with van der Waals surface area (Å²) in [6, 6.07) is 16.1. The molecule has 0 radical (unpaired) electrons. The van der Waals surface area contributed by atoms with Gasteiger partial charge in [0.25, 0.3) is 17.4 Å². The van der Waals surface area contributed by atoms with Crippen LogP contribution in [0.2, 0.25) is 5.02 Å².